The van der Waals surface area contributed by atoms with Crippen LogP contribution in [0.5, 0.6) is 0 Å². The van der Waals surface area contributed by atoms with Crippen molar-refractivity contribution in [3.05, 3.63) is 29.8 Å². The van der Waals surface area contributed by atoms with Gasteiger partial charge >= 0.3 is 5.97 Å². The lowest BCUT2D eigenvalue weighted by atomic mass is 10.1. The molecule has 1 N–H and O–H groups in total. The predicted molar refractivity (Wildman–Crippen MR) is 57.5 cm³/mol. The van der Waals surface area contributed by atoms with E-state index in [4.69, 9.17) is 5.11 Å². The lowest BCUT2D eigenvalue weighted by molar-refractivity contribution is -0.138. The van der Waals surface area contributed by atoms with Crippen molar-refractivity contribution >= 4 is 5.97 Å². The number of likely N-dealkylation sites (N-methyl/N-ethyl adjacent to an activating group) is 1. The zero-order chi connectivity index (χ0) is 12.1. The van der Waals surface area contributed by atoms with Crippen molar-refractivity contribution in [2.24, 2.45) is 0 Å². The van der Waals surface area contributed by atoms with Gasteiger partial charge in [0.2, 0.25) is 0 Å². The minimum Gasteiger partial charge on any atom is -0.480 e. The van der Waals surface area contributed by atoms with Crippen LogP contribution in [0.2, 0.25) is 0 Å². The van der Waals surface area contributed by atoms with Crippen LogP contribution in [0.25, 0.3) is 0 Å². The molecule has 1 aromatic rings. The largest absolute Gasteiger partial charge is 0.480 e. The van der Waals surface area contributed by atoms with Gasteiger partial charge in [0.05, 0.1) is 12.7 Å². The molecule has 0 saturated carbocycles. The van der Waals surface area contributed by atoms with Crippen molar-refractivity contribution in [1.29, 1.82) is 0 Å². The van der Waals surface area contributed by atoms with E-state index < -0.39 is 11.8 Å². The van der Waals surface area contributed by atoms with E-state index in [-0.39, 0.29) is 12.6 Å². The van der Waals surface area contributed by atoms with E-state index in [1.54, 1.807) is 11.1 Å². The molecule has 1 atom stereocenters. The van der Waals surface area contributed by atoms with Crippen molar-refractivity contribution in [2.75, 3.05) is 13.1 Å². The Balaban J connectivity index is 2.82. The Bertz CT molecular complexity index is 371. The Hall–Kier alpha value is -1.49. The monoisotopic (exact) mass is 226 g/mol. The van der Waals surface area contributed by atoms with E-state index in [2.05, 4.69) is 4.98 Å². The lowest BCUT2D eigenvalue weighted by Crippen LogP contribution is -2.32. The summed E-state index contributed by atoms with van der Waals surface area (Å²) in [6.45, 7) is 4.23. The molecule has 1 rings (SSSR count). The van der Waals surface area contributed by atoms with Crippen LogP contribution in [0, 0.1) is 5.82 Å². The number of carbonyl (C=O) groups is 1. The average molecular weight is 226 g/mol. The number of carboxylic acid groups (broad SMARTS) is 1. The predicted octanol–water partition coefficient (Wildman–Crippen LogP) is 1.69. The number of rotatable bonds is 5. The highest BCUT2D eigenvalue weighted by molar-refractivity contribution is 5.69. The van der Waals surface area contributed by atoms with Crippen LogP contribution in [0.4, 0.5) is 4.39 Å². The first-order chi connectivity index (χ1) is 7.54. The van der Waals surface area contributed by atoms with Crippen molar-refractivity contribution in [3.8, 4) is 0 Å². The zero-order valence-corrected chi connectivity index (χ0v) is 9.35. The third-order valence-corrected chi connectivity index (χ3v) is 2.50. The Labute approximate surface area is 93.7 Å². The van der Waals surface area contributed by atoms with Gasteiger partial charge in [-0.1, -0.05) is 6.92 Å². The Morgan fingerprint density at radius 3 is 2.81 bits per heavy atom. The summed E-state index contributed by atoms with van der Waals surface area (Å²) in [5.74, 6) is -1.30. The van der Waals surface area contributed by atoms with Crippen LogP contribution in [0.3, 0.4) is 0 Å². The molecule has 0 aromatic carbocycles. The van der Waals surface area contributed by atoms with Crippen LogP contribution in [-0.2, 0) is 4.79 Å². The zero-order valence-electron chi connectivity index (χ0n) is 9.35. The van der Waals surface area contributed by atoms with Crippen molar-refractivity contribution < 1.29 is 14.3 Å². The first kappa shape index (κ1) is 12.6. The summed E-state index contributed by atoms with van der Waals surface area (Å²) in [7, 11) is 0. The van der Waals surface area contributed by atoms with Crippen LogP contribution in [0.15, 0.2) is 18.5 Å². The number of aliphatic carboxylic acids is 1. The van der Waals surface area contributed by atoms with Crippen molar-refractivity contribution in [3.63, 3.8) is 0 Å². The number of hydrogen-bond donors (Lipinski definition) is 1. The number of carboxylic acids is 1. The van der Waals surface area contributed by atoms with Crippen molar-refractivity contribution in [2.45, 2.75) is 19.9 Å². The number of pyridine rings is 1. The van der Waals surface area contributed by atoms with Gasteiger partial charge in [-0.25, -0.2) is 4.39 Å². The quantitative estimate of drug-likeness (QED) is 0.830. The molecule has 1 unspecified atom stereocenters. The van der Waals surface area contributed by atoms with Gasteiger partial charge in [-0.15, -0.1) is 0 Å². The molecule has 0 fully saturated rings. The molecule has 88 valence electrons. The molecular weight excluding hydrogens is 211 g/mol. The van der Waals surface area contributed by atoms with Crippen LogP contribution in [-0.4, -0.2) is 34.0 Å². The molecule has 0 aliphatic carbocycles. The fraction of sp³-hybridized carbons (Fsp3) is 0.455. The Morgan fingerprint density at radius 1 is 1.62 bits per heavy atom. The molecule has 0 amide bonds. The molecule has 4 nitrogen and oxygen atoms in total. The molecule has 1 aromatic heterocycles. The fourth-order valence-electron chi connectivity index (χ4n) is 1.56. The minimum absolute atomic E-state index is 0.0613. The number of halogens is 1. The summed E-state index contributed by atoms with van der Waals surface area (Å²) >= 11 is 0. The number of hydrogen-bond acceptors (Lipinski definition) is 3. The molecule has 0 aliphatic rings. The van der Waals surface area contributed by atoms with Gasteiger partial charge in [-0.3, -0.25) is 14.7 Å². The molecule has 0 bridgehead atoms. The maximum atomic E-state index is 13.0. The molecule has 0 aliphatic heterocycles. The second-order valence-electron chi connectivity index (χ2n) is 3.57. The van der Waals surface area contributed by atoms with E-state index in [1.807, 2.05) is 13.8 Å². The summed E-state index contributed by atoms with van der Waals surface area (Å²) in [5.41, 5.74) is 0.683. The standard InChI is InChI=1S/C11H15FN2O2/c1-3-14(7-11(15)16)8(2)9-4-10(12)6-13-5-9/h4-6,8H,3,7H2,1-2H3,(H,15,16). The fourth-order valence-corrected chi connectivity index (χ4v) is 1.56. The number of nitrogens with zero attached hydrogens (tertiary/aromatic N) is 2. The average Bonchev–Trinajstić information content (AvgIpc) is 2.24. The molecule has 16 heavy (non-hydrogen) atoms. The van der Waals surface area contributed by atoms with Gasteiger partial charge in [0, 0.05) is 12.2 Å². The normalized spacial score (nSPS) is 12.8. The highest BCUT2D eigenvalue weighted by atomic mass is 19.1. The van der Waals surface area contributed by atoms with E-state index in [1.165, 1.54) is 6.07 Å². The van der Waals surface area contributed by atoms with Crippen LogP contribution < -0.4 is 0 Å². The lowest BCUT2D eigenvalue weighted by Gasteiger charge is -2.26. The third kappa shape index (κ3) is 3.27. The summed E-state index contributed by atoms with van der Waals surface area (Å²) in [6, 6.07) is 1.21. The smallest absolute Gasteiger partial charge is 0.317 e. The van der Waals surface area contributed by atoms with Crippen LogP contribution in [0.1, 0.15) is 25.5 Å². The highest BCUT2D eigenvalue weighted by Crippen LogP contribution is 2.19. The van der Waals surface area contributed by atoms with Gasteiger partial charge in [0.25, 0.3) is 0 Å². The number of aromatic nitrogens is 1. The van der Waals surface area contributed by atoms with E-state index >= 15 is 0 Å². The molecule has 0 saturated heterocycles. The summed E-state index contributed by atoms with van der Waals surface area (Å²) < 4.78 is 13.0. The summed E-state index contributed by atoms with van der Waals surface area (Å²) in [6.07, 6.45) is 2.68. The topological polar surface area (TPSA) is 53.4 Å². The van der Waals surface area contributed by atoms with Crippen molar-refractivity contribution in [1.82, 2.24) is 9.88 Å². The first-order valence-electron chi connectivity index (χ1n) is 5.11. The van der Waals surface area contributed by atoms with Crippen LogP contribution >= 0.6 is 0 Å². The van der Waals surface area contributed by atoms with E-state index in [0.717, 1.165) is 6.20 Å². The Morgan fingerprint density at radius 2 is 2.31 bits per heavy atom. The van der Waals surface area contributed by atoms with E-state index in [9.17, 15) is 9.18 Å². The van der Waals surface area contributed by atoms with Gasteiger partial charge in [-0.2, -0.15) is 0 Å². The van der Waals surface area contributed by atoms with Gasteiger partial charge < -0.3 is 5.11 Å². The van der Waals surface area contributed by atoms with Gasteiger partial charge in [0.15, 0.2) is 0 Å². The summed E-state index contributed by atoms with van der Waals surface area (Å²) in [4.78, 5) is 16.1. The Kier molecular flexibility index (Phi) is 4.37. The molecule has 5 heteroatoms. The molecule has 1 heterocycles. The minimum atomic E-state index is -0.891. The summed E-state index contributed by atoms with van der Waals surface area (Å²) in [5, 5.41) is 8.73. The second kappa shape index (κ2) is 5.55. The maximum absolute atomic E-state index is 13.0. The van der Waals surface area contributed by atoms with E-state index in [0.29, 0.717) is 12.1 Å². The molecule has 0 radical (unpaired) electrons. The van der Waals surface area contributed by atoms with Gasteiger partial charge in [0.1, 0.15) is 5.82 Å². The second-order valence-corrected chi connectivity index (χ2v) is 3.57. The first-order valence-corrected chi connectivity index (χ1v) is 5.11. The van der Waals surface area contributed by atoms with Gasteiger partial charge in [-0.05, 0) is 25.1 Å². The maximum Gasteiger partial charge on any atom is 0.317 e. The SMILES string of the molecule is CCN(CC(=O)O)C(C)c1cncc(F)c1. The highest BCUT2D eigenvalue weighted by Gasteiger charge is 2.17. The molecule has 0 spiro atoms. The molecular formula is C11H15FN2O2. The third-order valence-electron chi connectivity index (χ3n) is 2.50.